The number of aliphatic hydroxyl groups excluding tert-OH is 1. The minimum atomic E-state index is -0.475. The second-order valence-corrected chi connectivity index (χ2v) is 8.01. The van der Waals surface area contributed by atoms with Crippen molar-refractivity contribution in [3.05, 3.63) is 18.2 Å². The summed E-state index contributed by atoms with van der Waals surface area (Å²) in [5.41, 5.74) is 0.552. The molecule has 0 saturated heterocycles. The number of aliphatic hydroxyl groups is 1. The molecule has 4 rings (SSSR count). The Morgan fingerprint density at radius 1 is 1.25 bits per heavy atom. The monoisotopic (exact) mass is 331 g/mol. The van der Waals surface area contributed by atoms with E-state index in [-0.39, 0.29) is 23.3 Å². The Bertz CT molecular complexity index is 663. The van der Waals surface area contributed by atoms with Crippen LogP contribution in [-0.2, 0) is 4.79 Å². The van der Waals surface area contributed by atoms with Crippen LogP contribution in [0.25, 0.3) is 0 Å². The van der Waals surface area contributed by atoms with Gasteiger partial charge < -0.3 is 19.9 Å². The molecule has 2 atom stereocenters. The minimum absolute atomic E-state index is 0.0191. The molecule has 2 saturated carbocycles. The fraction of sp³-hybridized carbons (Fsp3) is 0.632. The Morgan fingerprint density at radius 2 is 1.96 bits per heavy atom. The van der Waals surface area contributed by atoms with Gasteiger partial charge in [-0.3, -0.25) is 4.79 Å². The third-order valence-corrected chi connectivity index (χ3v) is 6.04. The molecule has 1 spiro atoms. The first-order valence-electron chi connectivity index (χ1n) is 8.88. The lowest BCUT2D eigenvalue weighted by Crippen LogP contribution is -2.50. The number of rotatable bonds is 3. The van der Waals surface area contributed by atoms with Crippen LogP contribution in [0.2, 0.25) is 0 Å². The Hall–Kier alpha value is -1.75. The van der Waals surface area contributed by atoms with Gasteiger partial charge >= 0.3 is 0 Å². The number of fused-ring (bicyclic) bond motifs is 1. The van der Waals surface area contributed by atoms with Crippen molar-refractivity contribution in [3.8, 4) is 11.5 Å². The molecule has 130 valence electrons. The molecular formula is C19H25NO4. The second kappa shape index (κ2) is 5.38. The molecule has 1 amide bonds. The summed E-state index contributed by atoms with van der Waals surface area (Å²) >= 11 is 0. The van der Waals surface area contributed by atoms with E-state index in [1.807, 2.05) is 32.0 Å². The van der Waals surface area contributed by atoms with E-state index in [1.165, 1.54) is 0 Å². The lowest BCUT2D eigenvalue weighted by atomic mass is 9.59. The largest absolute Gasteiger partial charge is 0.448 e. The average molecular weight is 331 g/mol. The minimum Gasteiger partial charge on any atom is -0.448 e. The number of anilines is 1. The van der Waals surface area contributed by atoms with E-state index >= 15 is 0 Å². The van der Waals surface area contributed by atoms with Crippen molar-refractivity contribution in [3.63, 3.8) is 0 Å². The van der Waals surface area contributed by atoms with Crippen molar-refractivity contribution in [2.24, 2.45) is 11.3 Å². The molecule has 2 unspecified atom stereocenters. The summed E-state index contributed by atoms with van der Waals surface area (Å²) in [6.45, 7) is 4.03. The quantitative estimate of drug-likeness (QED) is 0.890. The van der Waals surface area contributed by atoms with Gasteiger partial charge in [-0.2, -0.15) is 0 Å². The van der Waals surface area contributed by atoms with Gasteiger partial charge in [0.1, 0.15) is 0 Å². The lowest BCUT2D eigenvalue weighted by Gasteiger charge is -2.49. The molecular weight excluding hydrogens is 306 g/mol. The molecule has 2 N–H and O–H groups in total. The van der Waals surface area contributed by atoms with Crippen LogP contribution in [0.15, 0.2) is 18.2 Å². The van der Waals surface area contributed by atoms with Crippen molar-refractivity contribution in [2.45, 2.75) is 64.3 Å². The number of amides is 1. The normalized spacial score (nSPS) is 28.6. The Labute approximate surface area is 142 Å². The number of hydrogen-bond acceptors (Lipinski definition) is 4. The molecule has 1 aliphatic heterocycles. The fourth-order valence-corrected chi connectivity index (χ4v) is 4.06. The number of carbonyl (C=O) groups is 1. The van der Waals surface area contributed by atoms with Crippen LogP contribution in [0.5, 0.6) is 11.5 Å². The first kappa shape index (κ1) is 15.8. The number of hydrogen-bond donors (Lipinski definition) is 2. The second-order valence-electron chi connectivity index (χ2n) is 8.01. The zero-order chi connectivity index (χ0) is 16.9. The third kappa shape index (κ3) is 2.55. The van der Waals surface area contributed by atoms with Crippen LogP contribution in [0.3, 0.4) is 0 Å². The van der Waals surface area contributed by atoms with Crippen molar-refractivity contribution in [1.82, 2.24) is 0 Å². The van der Waals surface area contributed by atoms with Crippen LogP contribution in [-0.4, -0.2) is 22.9 Å². The molecule has 24 heavy (non-hydrogen) atoms. The number of nitrogens with one attached hydrogen (secondary N) is 1. The summed E-state index contributed by atoms with van der Waals surface area (Å²) in [7, 11) is 0. The highest BCUT2D eigenvalue weighted by Crippen LogP contribution is 2.49. The van der Waals surface area contributed by atoms with Gasteiger partial charge in [-0.05, 0) is 42.7 Å². The summed E-state index contributed by atoms with van der Waals surface area (Å²) < 4.78 is 12.0. The first-order valence-corrected chi connectivity index (χ1v) is 8.88. The number of ether oxygens (including phenoxy) is 2. The molecule has 0 bridgehead atoms. The van der Waals surface area contributed by atoms with Gasteiger partial charge in [-0.25, -0.2) is 0 Å². The molecule has 3 aliphatic rings. The number of benzene rings is 1. The Morgan fingerprint density at radius 3 is 2.62 bits per heavy atom. The number of carbonyl (C=O) groups excluding carboxylic acids is 1. The standard InChI is InChI=1S/C19H25NO4/c1-18(2)12(9-16(18)21)10-17(22)20-13-5-6-14-15(11-13)24-19(23-14)7-3-4-8-19/h5-6,11-12,16,21H,3-4,7-10H2,1-2H3,(H,20,22). The van der Waals surface area contributed by atoms with Crippen molar-refractivity contribution >= 4 is 11.6 Å². The molecule has 1 heterocycles. The SMILES string of the molecule is CC1(C)C(O)CC1CC(=O)Nc1ccc2c(c1)OC1(CCCC1)O2. The summed E-state index contributed by atoms with van der Waals surface area (Å²) in [6, 6.07) is 5.57. The molecule has 2 aliphatic carbocycles. The average Bonchev–Trinajstić information content (AvgIpc) is 3.13. The predicted octanol–water partition coefficient (Wildman–Crippen LogP) is 3.46. The lowest BCUT2D eigenvalue weighted by molar-refractivity contribution is -0.129. The van der Waals surface area contributed by atoms with Crippen LogP contribution in [0, 0.1) is 11.3 Å². The van der Waals surface area contributed by atoms with Crippen LogP contribution >= 0.6 is 0 Å². The summed E-state index contributed by atoms with van der Waals surface area (Å²) in [5.74, 6) is 1.21. The maximum atomic E-state index is 12.3. The van der Waals surface area contributed by atoms with E-state index in [1.54, 1.807) is 0 Å². The van der Waals surface area contributed by atoms with E-state index in [0.29, 0.717) is 18.6 Å². The van der Waals surface area contributed by atoms with Crippen LogP contribution in [0.1, 0.15) is 52.4 Å². The van der Waals surface area contributed by atoms with Gasteiger partial charge in [-0.1, -0.05) is 13.8 Å². The fourth-order valence-electron chi connectivity index (χ4n) is 4.06. The van der Waals surface area contributed by atoms with Crippen LogP contribution in [0.4, 0.5) is 5.69 Å². The zero-order valence-corrected chi connectivity index (χ0v) is 14.3. The van der Waals surface area contributed by atoms with Gasteiger partial charge in [0.15, 0.2) is 11.5 Å². The Kier molecular flexibility index (Phi) is 3.53. The molecule has 0 radical (unpaired) electrons. The Balaban J connectivity index is 1.39. The highest BCUT2D eigenvalue weighted by Gasteiger charge is 2.48. The van der Waals surface area contributed by atoms with Gasteiger partial charge in [0.25, 0.3) is 5.79 Å². The smallest absolute Gasteiger partial charge is 0.251 e. The molecule has 5 heteroatoms. The highest BCUT2D eigenvalue weighted by atomic mass is 16.7. The zero-order valence-electron chi connectivity index (χ0n) is 14.3. The van der Waals surface area contributed by atoms with Crippen molar-refractivity contribution < 1.29 is 19.4 Å². The first-order chi connectivity index (χ1) is 11.4. The molecule has 5 nitrogen and oxygen atoms in total. The predicted molar refractivity (Wildman–Crippen MR) is 90.0 cm³/mol. The van der Waals surface area contributed by atoms with E-state index in [9.17, 15) is 9.90 Å². The summed E-state index contributed by atoms with van der Waals surface area (Å²) in [4.78, 5) is 12.3. The summed E-state index contributed by atoms with van der Waals surface area (Å²) in [6.07, 6.45) is 4.92. The van der Waals surface area contributed by atoms with E-state index in [4.69, 9.17) is 9.47 Å². The highest BCUT2D eigenvalue weighted by molar-refractivity contribution is 5.91. The van der Waals surface area contributed by atoms with Crippen molar-refractivity contribution in [2.75, 3.05) is 5.32 Å². The van der Waals surface area contributed by atoms with E-state index < -0.39 is 5.79 Å². The maximum absolute atomic E-state index is 12.3. The molecule has 2 fully saturated rings. The van der Waals surface area contributed by atoms with Gasteiger partial charge in [0.2, 0.25) is 5.91 Å². The van der Waals surface area contributed by atoms with Crippen LogP contribution < -0.4 is 14.8 Å². The maximum Gasteiger partial charge on any atom is 0.251 e. The summed E-state index contributed by atoms with van der Waals surface area (Å²) in [5, 5.41) is 12.7. The molecule has 1 aromatic rings. The van der Waals surface area contributed by atoms with Crippen molar-refractivity contribution in [1.29, 1.82) is 0 Å². The third-order valence-electron chi connectivity index (χ3n) is 6.04. The molecule has 0 aromatic heterocycles. The topological polar surface area (TPSA) is 67.8 Å². The van der Waals surface area contributed by atoms with Gasteiger partial charge in [0.05, 0.1) is 6.10 Å². The molecule has 1 aromatic carbocycles. The van der Waals surface area contributed by atoms with E-state index in [0.717, 1.165) is 37.1 Å². The van der Waals surface area contributed by atoms with E-state index in [2.05, 4.69) is 5.32 Å². The van der Waals surface area contributed by atoms with Gasteiger partial charge in [-0.15, -0.1) is 0 Å². The van der Waals surface area contributed by atoms with Gasteiger partial charge in [0, 0.05) is 31.0 Å².